The Balaban J connectivity index is 2.14. The summed E-state index contributed by atoms with van der Waals surface area (Å²) in [5, 5.41) is 8.77. The summed E-state index contributed by atoms with van der Waals surface area (Å²) in [5.74, 6) is -0.236. The average molecular weight is 251 g/mol. The maximum Gasteiger partial charge on any atom is 0.303 e. The second kappa shape index (κ2) is 5.20. The van der Waals surface area contributed by atoms with Gasteiger partial charge in [-0.25, -0.2) is 4.98 Å². The Morgan fingerprint density at radius 3 is 3.06 bits per heavy atom. The quantitative estimate of drug-likeness (QED) is 0.846. The van der Waals surface area contributed by atoms with Gasteiger partial charge < -0.3 is 14.6 Å². The van der Waals surface area contributed by atoms with Crippen LogP contribution in [0.1, 0.15) is 19.8 Å². The van der Waals surface area contributed by atoms with Crippen molar-refractivity contribution in [3.8, 4) is 0 Å². The molecular formula is C12H17N3O3. The van der Waals surface area contributed by atoms with Gasteiger partial charge in [0, 0.05) is 38.4 Å². The van der Waals surface area contributed by atoms with Gasteiger partial charge in [0.1, 0.15) is 0 Å². The number of aromatic nitrogens is 2. The molecule has 0 aromatic carbocycles. The van der Waals surface area contributed by atoms with E-state index >= 15 is 0 Å². The molecule has 1 fully saturated rings. The monoisotopic (exact) mass is 251 g/mol. The summed E-state index contributed by atoms with van der Waals surface area (Å²) >= 11 is 0. The summed E-state index contributed by atoms with van der Waals surface area (Å²) in [7, 11) is 0. The number of rotatable bonds is 4. The standard InChI is InChI=1S/C12H17N3O3/c1-2-14-6-4-13-11(12(14)18)15-5-3-9(8-15)7-10(16)17/h4,6,9H,2-3,5,7-8H2,1H3,(H,16,17). The summed E-state index contributed by atoms with van der Waals surface area (Å²) < 4.78 is 1.60. The van der Waals surface area contributed by atoms with Crippen molar-refractivity contribution in [2.75, 3.05) is 18.0 Å². The highest BCUT2D eigenvalue weighted by Gasteiger charge is 2.27. The molecule has 1 aliphatic heterocycles. The van der Waals surface area contributed by atoms with Crippen molar-refractivity contribution in [3.63, 3.8) is 0 Å². The molecule has 1 N–H and O–H groups in total. The first-order valence-electron chi connectivity index (χ1n) is 6.14. The van der Waals surface area contributed by atoms with E-state index in [1.165, 1.54) is 0 Å². The Hall–Kier alpha value is -1.85. The Morgan fingerprint density at radius 2 is 2.39 bits per heavy atom. The normalized spacial score (nSPS) is 19.2. The van der Waals surface area contributed by atoms with Crippen LogP contribution in [0.3, 0.4) is 0 Å². The molecule has 1 atom stereocenters. The SMILES string of the molecule is CCn1ccnc(N2CCC(CC(=O)O)C2)c1=O. The highest BCUT2D eigenvalue weighted by molar-refractivity contribution is 5.67. The molecule has 1 aromatic heterocycles. The zero-order valence-corrected chi connectivity index (χ0v) is 10.4. The van der Waals surface area contributed by atoms with Gasteiger partial charge in [0.15, 0.2) is 5.82 Å². The minimum Gasteiger partial charge on any atom is -0.481 e. The molecule has 1 saturated heterocycles. The predicted octanol–water partition coefficient (Wildman–Crippen LogP) is 0.564. The molecule has 0 radical (unpaired) electrons. The lowest BCUT2D eigenvalue weighted by atomic mass is 10.1. The fourth-order valence-electron chi connectivity index (χ4n) is 2.34. The number of hydrogen-bond donors (Lipinski definition) is 1. The van der Waals surface area contributed by atoms with Crippen molar-refractivity contribution in [1.29, 1.82) is 0 Å². The molecule has 0 aliphatic carbocycles. The molecule has 98 valence electrons. The molecule has 1 aromatic rings. The predicted molar refractivity (Wildman–Crippen MR) is 66.7 cm³/mol. The molecule has 6 heteroatoms. The van der Waals surface area contributed by atoms with Gasteiger partial charge in [0.25, 0.3) is 5.56 Å². The summed E-state index contributed by atoms with van der Waals surface area (Å²) in [4.78, 5) is 28.7. The molecule has 2 heterocycles. The van der Waals surface area contributed by atoms with E-state index in [1.54, 1.807) is 17.0 Å². The van der Waals surface area contributed by atoms with Crippen molar-refractivity contribution in [2.45, 2.75) is 26.3 Å². The Bertz CT molecular complexity index is 498. The molecule has 6 nitrogen and oxygen atoms in total. The molecule has 2 rings (SSSR count). The van der Waals surface area contributed by atoms with Crippen molar-refractivity contribution in [2.24, 2.45) is 5.92 Å². The molecule has 0 bridgehead atoms. The van der Waals surface area contributed by atoms with Crippen LogP contribution >= 0.6 is 0 Å². The average Bonchev–Trinajstić information content (AvgIpc) is 2.76. The van der Waals surface area contributed by atoms with E-state index in [1.807, 2.05) is 11.8 Å². The van der Waals surface area contributed by atoms with Crippen LogP contribution in [0.4, 0.5) is 5.82 Å². The molecule has 0 saturated carbocycles. The third-order valence-electron chi connectivity index (χ3n) is 3.28. The van der Waals surface area contributed by atoms with Gasteiger partial charge in [-0.15, -0.1) is 0 Å². The van der Waals surface area contributed by atoms with Gasteiger partial charge in [-0.2, -0.15) is 0 Å². The molecule has 1 aliphatic rings. The summed E-state index contributed by atoms with van der Waals surface area (Å²) in [6, 6.07) is 0. The van der Waals surface area contributed by atoms with E-state index < -0.39 is 5.97 Å². The molecule has 0 amide bonds. The molecule has 1 unspecified atom stereocenters. The highest BCUT2D eigenvalue weighted by atomic mass is 16.4. The number of nitrogens with zero attached hydrogens (tertiary/aromatic N) is 3. The maximum atomic E-state index is 12.1. The van der Waals surface area contributed by atoms with Crippen molar-refractivity contribution in [3.05, 3.63) is 22.7 Å². The van der Waals surface area contributed by atoms with Crippen LogP contribution in [0.2, 0.25) is 0 Å². The van der Waals surface area contributed by atoms with E-state index in [-0.39, 0.29) is 17.9 Å². The minimum absolute atomic E-state index is 0.101. The number of carboxylic acid groups (broad SMARTS) is 1. The lowest BCUT2D eigenvalue weighted by Crippen LogP contribution is -2.31. The molecular weight excluding hydrogens is 234 g/mol. The van der Waals surface area contributed by atoms with Gasteiger partial charge in [0.2, 0.25) is 0 Å². The maximum absolute atomic E-state index is 12.1. The number of aliphatic carboxylic acids is 1. The third-order valence-corrected chi connectivity index (χ3v) is 3.28. The second-order valence-corrected chi connectivity index (χ2v) is 4.54. The van der Waals surface area contributed by atoms with Crippen LogP contribution in [-0.2, 0) is 11.3 Å². The first kappa shape index (κ1) is 12.6. The topological polar surface area (TPSA) is 75.4 Å². The number of anilines is 1. The lowest BCUT2D eigenvalue weighted by molar-refractivity contribution is -0.137. The first-order chi connectivity index (χ1) is 8.61. The fraction of sp³-hybridized carbons (Fsp3) is 0.583. The Labute approximate surface area is 105 Å². The lowest BCUT2D eigenvalue weighted by Gasteiger charge is -2.17. The van der Waals surface area contributed by atoms with Gasteiger partial charge in [-0.3, -0.25) is 9.59 Å². The summed E-state index contributed by atoms with van der Waals surface area (Å²) in [6.45, 7) is 3.82. The number of carbonyl (C=O) groups is 1. The van der Waals surface area contributed by atoms with Crippen molar-refractivity contribution in [1.82, 2.24) is 9.55 Å². The van der Waals surface area contributed by atoms with Crippen LogP contribution < -0.4 is 10.5 Å². The summed E-state index contributed by atoms with van der Waals surface area (Å²) in [5.41, 5.74) is -0.101. The Morgan fingerprint density at radius 1 is 1.61 bits per heavy atom. The Kier molecular flexibility index (Phi) is 3.64. The van der Waals surface area contributed by atoms with Crippen LogP contribution in [0, 0.1) is 5.92 Å². The van der Waals surface area contributed by atoms with Crippen LogP contribution in [0.15, 0.2) is 17.2 Å². The fourth-order valence-corrected chi connectivity index (χ4v) is 2.34. The van der Waals surface area contributed by atoms with E-state index in [4.69, 9.17) is 5.11 Å². The van der Waals surface area contributed by atoms with E-state index in [0.717, 1.165) is 6.42 Å². The molecule has 18 heavy (non-hydrogen) atoms. The van der Waals surface area contributed by atoms with Gasteiger partial charge >= 0.3 is 5.97 Å². The number of carboxylic acids is 1. The van der Waals surface area contributed by atoms with Crippen LogP contribution in [-0.4, -0.2) is 33.7 Å². The largest absolute Gasteiger partial charge is 0.481 e. The number of hydrogen-bond acceptors (Lipinski definition) is 4. The van der Waals surface area contributed by atoms with Gasteiger partial charge in [-0.1, -0.05) is 0 Å². The van der Waals surface area contributed by atoms with E-state index in [9.17, 15) is 9.59 Å². The van der Waals surface area contributed by atoms with E-state index in [2.05, 4.69) is 4.98 Å². The number of aryl methyl sites for hydroxylation is 1. The van der Waals surface area contributed by atoms with Crippen LogP contribution in [0.5, 0.6) is 0 Å². The third kappa shape index (κ3) is 2.52. The minimum atomic E-state index is -0.783. The first-order valence-corrected chi connectivity index (χ1v) is 6.14. The van der Waals surface area contributed by atoms with Gasteiger partial charge in [-0.05, 0) is 19.3 Å². The second-order valence-electron chi connectivity index (χ2n) is 4.54. The van der Waals surface area contributed by atoms with Crippen LogP contribution in [0.25, 0.3) is 0 Å². The summed E-state index contributed by atoms with van der Waals surface area (Å²) in [6.07, 6.45) is 4.24. The molecule has 0 spiro atoms. The smallest absolute Gasteiger partial charge is 0.303 e. The van der Waals surface area contributed by atoms with Crippen molar-refractivity contribution < 1.29 is 9.90 Å². The van der Waals surface area contributed by atoms with Crippen molar-refractivity contribution >= 4 is 11.8 Å². The highest BCUT2D eigenvalue weighted by Crippen LogP contribution is 2.22. The van der Waals surface area contributed by atoms with E-state index in [0.29, 0.717) is 25.5 Å². The zero-order valence-electron chi connectivity index (χ0n) is 10.4. The zero-order chi connectivity index (χ0) is 13.1. The van der Waals surface area contributed by atoms with Gasteiger partial charge in [0.05, 0.1) is 0 Å².